The molecule has 0 aromatic heterocycles. The molecule has 0 saturated heterocycles. The summed E-state index contributed by atoms with van der Waals surface area (Å²) in [6, 6.07) is 8.10. The molecule has 0 aliphatic heterocycles. The summed E-state index contributed by atoms with van der Waals surface area (Å²) < 4.78 is 5.99. The van der Waals surface area contributed by atoms with E-state index in [0.717, 1.165) is 17.5 Å². The summed E-state index contributed by atoms with van der Waals surface area (Å²) in [6.07, 6.45) is 3.92. The average molecular weight is 383 g/mol. The second kappa shape index (κ2) is 9.45. The highest BCUT2D eigenvalue weighted by Crippen LogP contribution is 2.42. The molecule has 4 nitrogen and oxygen atoms in total. The Morgan fingerprint density at radius 3 is 2.18 bits per heavy atom. The van der Waals surface area contributed by atoms with Gasteiger partial charge in [0.2, 0.25) is 0 Å². The Labute approximate surface area is 167 Å². The molecule has 0 amide bonds. The van der Waals surface area contributed by atoms with Crippen LogP contribution in [0.15, 0.2) is 36.4 Å². The Morgan fingerprint density at radius 2 is 1.64 bits per heavy atom. The third-order valence-corrected chi connectivity index (χ3v) is 4.59. The Kier molecular flexibility index (Phi) is 7.27. The van der Waals surface area contributed by atoms with Gasteiger partial charge in [-0.05, 0) is 71.9 Å². The van der Waals surface area contributed by atoms with Crippen LogP contribution >= 0.6 is 0 Å². The lowest BCUT2D eigenvalue weighted by Gasteiger charge is -2.21. The number of hydrogen-bond donors (Lipinski definition) is 2. The van der Waals surface area contributed by atoms with Crippen LogP contribution in [0.25, 0.3) is 6.08 Å². The molecule has 0 fully saturated rings. The van der Waals surface area contributed by atoms with E-state index >= 15 is 0 Å². The number of ether oxygens (including phenoxy) is 1. The zero-order valence-electron chi connectivity index (χ0n) is 17.3. The largest absolute Gasteiger partial charge is 0.508 e. The van der Waals surface area contributed by atoms with Crippen molar-refractivity contribution in [1.29, 1.82) is 0 Å². The SMILES string of the molecule is CCCOc1c(C(C)C)cc(C(C)C)c(O)c1/C=C/C(=O)c1ccc(O)cc1. The van der Waals surface area contributed by atoms with Crippen LogP contribution in [0.2, 0.25) is 0 Å². The average Bonchev–Trinajstić information content (AvgIpc) is 2.65. The van der Waals surface area contributed by atoms with Gasteiger partial charge in [0.1, 0.15) is 17.2 Å². The number of allylic oxidation sites excluding steroid dienone is 1. The van der Waals surface area contributed by atoms with E-state index in [1.807, 2.05) is 26.8 Å². The molecule has 0 saturated carbocycles. The number of ketones is 1. The van der Waals surface area contributed by atoms with Gasteiger partial charge in [-0.3, -0.25) is 4.79 Å². The first-order valence-electron chi connectivity index (χ1n) is 9.80. The smallest absolute Gasteiger partial charge is 0.185 e. The molecule has 0 radical (unpaired) electrons. The van der Waals surface area contributed by atoms with Crippen LogP contribution in [-0.2, 0) is 0 Å². The highest BCUT2D eigenvalue weighted by molar-refractivity contribution is 6.07. The maximum Gasteiger partial charge on any atom is 0.185 e. The Morgan fingerprint density at radius 1 is 1.04 bits per heavy atom. The molecule has 0 atom stereocenters. The predicted molar refractivity (Wildman–Crippen MR) is 114 cm³/mol. The zero-order chi connectivity index (χ0) is 20.8. The molecule has 0 spiro atoms. The highest BCUT2D eigenvalue weighted by Gasteiger charge is 2.21. The normalized spacial score (nSPS) is 11.5. The van der Waals surface area contributed by atoms with Gasteiger partial charge in [-0.2, -0.15) is 0 Å². The summed E-state index contributed by atoms with van der Waals surface area (Å²) >= 11 is 0. The monoisotopic (exact) mass is 382 g/mol. The van der Waals surface area contributed by atoms with Gasteiger partial charge in [0.25, 0.3) is 0 Å². The number of hydrogen-bond acceptors (Lipinski definition) is 4. The lowest BCUT2D eigenvalue weighted by Crippen LogP contribution is -2.05. The quantitative estimate of drug-likeness (QED) is 0.432. The fourth-order valence-corrected chi connectivity index (χ4v) is 2.99. The van der Waals surface area contributed by atoms with E-state index < -0.39 is 0 Å². The van der Waals surface area contributed by atoms with Crippen molar-refractivity contribution in [3.8, 4) is 17.2 Å². The van der Waals surface area contributed by atoms with Crippen LogP contribution in [0.3, 0.4) is 0 Å². The third-order valence-electron chi connectivity index (χ3n) is 4.59. The molecule has 0 bridgehead atoms. The van der Waals surface area contributed by atoms with Gasteiger partial charge in [0, 0.05) is 5.56 Å². The lowest BCUT2D eigenvalue weighted by molar-refractivity contribution is 0.104. The molecule has 0 aliphatic carbocycles. The Hall–Kier alpha value is -2.75. The van der Waals surface area contributed by atoms with E-state index in [4.69, 9.17) is 4.74 Å². The minimum absolute atomic E-state index is 0.111. The van der Waals surface area contributed by atoms with Crippen LogP contribution in [0.4, 0.5) is 0 Å². The van der Waals surface area contributed by atoms with Crippen molar-refractivity contribution in [2.24, 2.45) is 0 Å². The van der Waals surface area contributed by atoms with Crippen LogP contribution in [-0.4, -0.2) is 22.6 Å². The van der Waals surface area contributed by atoms with Gasteiger partial charge in [0.05, 0.1) is 12.2 Å². The molecule has 2 N–H and O–H groups in total. The summed E-state index contributed by atoms with van der Waals surface area (Å²) in [5.41, 5.74) is 2.86. The van der Waals surface area contributed by atoms with E-state index in [-0.39, 0.29) is 29.1 Å². The lowest BCUT2D eigenvalue weighted by atomic mass is 9.90. The van der Waals surface area contributed by atoms with Gasteiger partial charge in [-0.1, -0.05) is 34.6 Å². The second-order valence-electron chi connectivity index (χ2n) is 7.55. The molecule has 0 aliphatic rings. The number of rotatable bonds is 8. The number of carbonyl (C=O) groups excluding carboxylic acids is 1. The van der Waals surface area contributed by atoms with Crippen molar-refractivity contribution in [1.82, 2.24) is 0 Å². The van der Waals surface area contributed by atoms with Gasteiger partial charge in [-0.25, -0.2) is 0 Å². The number of phenolic OH excluding ortho intramolecular Hbond substituents is 2. The molecule has 2 aromatic rings. The van der Waals surface area contributed by atoms with Gasteiger partial charge < -0.3 is 14.9 Å². The first-order chi connectivity index (χ1) is 13.3. The van der Waals surface area contributed by atoms with E-state index in [1.165, 1.54) is 18.2 Å². The van der Waals surface area contributed by atoms with Crippen molar-refractivity contribution in [3.63, 3.8) is 0 Å². The summed E-state index contributed by atoms with van der Waals surface area (Å²) in [7, 11) is 0. The van der Waals surface area contributed by atoms with Crippen LogP contribution in [0.1, 0.15) is 79.9 Å². The molecular formula is C24H30O4. The maximum atomic E-state index is 12.5. The molecule has 0 unspecified atom stereocenters. The van der Waals surface area contributed by atoms with Crippen molar-refractivity contribution >= 4 is 11.9 Å². The molecule has 4 heteroatoms. The summed E-state index contributed by atoms with van der Waals surface area (Å²) in [5, 5.41) is 20.3. The van der Waals surface area contributed by atoms with E-state index in [0.29, 0.717) is 23.5 Å². The van der Waals surface area contributed by atoms with E-state index in [1.54, 1.807) is 18.2 Å². The summed E-state index contributed by atoms with van der Waals surface area (Å²) in [6.45, 7) is 10.8. The van der Waals surface area contributed by atoms with Crippen molar-refractivity contribution in [3.05, 3.63) is 58.7 Å². The van der Waals surface area contributed by atoms with Gasteiger partial charge in [0.15, 0.2) is 5.78 Å². The van der Waals surface area contributed by atoms with Crippen LogP contribution in [0, 0.1) is 0 Å². The second-order valence-corrected chi connectivity index (χ2v) is 7.55. The number of phenols is 2. The molecule has 0 heterocycles. The van der Waals surface area contributed by atoms with Crippen LogP contribution < -0.4 is 4.74 Å². The molecule has 2 aromatic carbocycles. The fourth-order valence-electron chi connectivity index (χ4n) is 2.99. The molecule has 2 rings (SSSR count). The molecule has 150 valence electrons. The number of benzene rings is 2. The minimum atomic E-state index is -0.207. The van der Waals surface area contributed by atoms with Crippen molar-refractivity contribution < 1.29 is 19.7 Å². The van der Waals surface area contributed by atoms with Crippen molar-refractivity contribution in [2.75, 3.05) is 6.61 Å². The Bertz CT molecular complexity index is 846. The Balaban J connectivity index is 2.55. The fraction of sp³-hybridized carbons (Fsp3) is 0.375. The molecular weight excluding hydrogens is 352 g/mol. The van der Waals surface area contributed by atoms with Crippen molar-refractivity contribution in [2.45, 2.75) is 52.9 Å². The number of aromatic hydroxyl groups is 2. The summed E-state index contributed by atoms with van der Waals surface area (Å²) in [5.74, 6) is 1.04. The zero-order valence-corrected chi connectivity index (χ0v) is 17.3. The topological polar surface area (TPSA) is 66.8 Å². The maximum absolute atomic E-state index is 12.5. The van der Waals surface area contributed by atoms with E-state index in [9.17, 15) is 15.0 Å². The highest BCUT2D eigenvalue weighted by atomic mass is 16.5. The van der Waals surface area contributed by atoms with Crippen LogP contribution in [0.5, 0.6) is 17.2 Å². The molecule has 28 heavy (non-hydrogen) atoms. The summed E-state index contributed by atoms with van der Waals surface area (Å²) in [4.78, 5) is 12.5. The number of carbonyl (C=O) groups is 1. The van der Waals surface area contributed by atoms with Gasteiger partial charge in [-0.15, -0.1) is 0 Å². The minimum Gasteiger partial charge on any atom is -0.508 e. The third kappa shape index (κ3) is 4.94. The first kappa shape index (κ1) is 21.5. The standard InChI is InChI=1S/C24H30O4/c1-6-13-28-24-19(11-12-22(26)17-7-9-18(25)10-8-17)23(27)20(15(2)3)14-21(24)16(4)5/h7-12,14-16,25,27H,6,13H2,1-5H3/b12-11+. The first-order valence-corrected chi connectivity index (χ1v) is 9.80. The van der Waals surface area contributed by atoms with Gasteiger partial charge >= 0.3 is 0 Å². The van der Waals surface area contributed by atoms with E-state index in [2.05, 4.69) is 13.8 Å². The predicted octanol–water partition coefficient (Wildman–Crippen LogP) is 6.03.